The molecular formula is C6H7NS. The van der Waals surface area contributed by atoms with Gasteiger partial charge in [0, 0.05) is 12.6 Å². The fourth-order valence-corrected chi connectivity index (χ4v) is 1.48. The molecule has 2 heterocycles. The molecule has 0 spiro atoms. The summed E-state index contributed by atoms with van der Waals surface area (Å²) in [6.45, 7) is 1.18. The molecule has 1 saturated heterocycles. The zero-order valence-electron chi connectivity index (χ0n) is 4.42. The first-order valence-electron chi connectivity index (χ1n) is 2.72. The Kier molecular flexibility index (Phi) is 0.889. The molecule has 1 aromatic rings. The van der Waals surface area contributed by atoms with Gasteiger partial charge in [-0.1, -0.05) is 0 Å². The average molecular weight is 125 g/mol. The molecule has 0 amide bonds. The Morgan fingerprint density at radius 3 is 3.12 bits per heavy atom. The third-order valence-electron chi connectivity index (χ3n) is 1.35. The van der Waals surface area contributed by atoms with Gasteiger partial charge in [0.25, 0.3) is 0 Å². The van der Waals surface area contributed by atoms with Gasteiger partial charge in [-0.3, -0.25) is 0 Å². The van der Waals surface area contributed by atoms with E-state index < -0.39 is 0 Å². The van der Waals surface area contributed by atoms with Crippen LogP contribution in [0.3, 0.4) is 0 Å². The maximum Gasteiger partial charge on any atom is 0.0455 e. The van der Waals surface area contributed by atoms with Gasteiger partial charge in [0.15, 0.2) is 0 Å². The fraction of sp³-hybridized carbons (Fsp3) is 0.333. The summed E-state index contributed by atoms with van der Waals surface area (Å²) in [4.78, 5) is 0. The highest BCUT2D eigenvalue weighted by Gasteiger charge is 2.21. The molecule has 8 heavy (non-hydrogen) atoms. The summed E-state index contributed by atoms with van der Waals surface area (Å²) in [7, 11) is 0. The largest absolute Gasteiger partial charge is 0.307 e. The highest BCUT2D eigenvalue weighted by Crippen LogP contribution is 2.22. The summed E-state index contributed by atoms with van der Waals surface area (Å²) in [5.41, 5.74) is 1.45. The van der Waals surface area contributed by atoms with E-state index in [4.69, 9.17) is 0 Å². The van der Waals surface area contributed by atoms with E-state index in [1.54, 1.807) is 11.3 Å². The minimum absolute atomic E-state index is 0.696. The van der Waals surface area contributed by atoms with Crippen LogP contribution in [0.2, 0.25) is 0 Å². The molecule has 1 aliphatic heterocycles. The molecular weight excluding hydrogens is 118 g/mol. The van der Waals surface area contributed by atoms with Crippen LogP contribution in [0.1, 0.15) is 11.6 Å². The minimum atomic E-state index is 0.696. The summed E-state index contributed by atoms with van der Waals surface area (Å²) < 4.78 is 0. The van der Waals surface area contributed by atoms with Crippen LogP contribution in [0.4, 0.5) is 0 Å². The highest BCUT2D eigenvalue weighted by molar-refractivity contribution is 7.07. The highest BCUT2D eigenvalue weighted by atomic mass is 32.1. The standard InChI is InChI=1S/C6H7NS/c1-2-8-4-5(1)6-3-7-6/h1-2,4,6-7H,3H2/t6-/m1/s1. The molecule has 1 aliphatic rings. The zero-order chi connectivity index (χ0) is 5.40. The van der Waals surface area contributed by atoms with E-state index in [-0.39, 0.29) is 0 Å². The lowest BCUT2D eigenvalue weighted by molar-refractivity contribution is 1.09. The number of hydrogen-bond acceptors (Lipinski definition) is 2. The fourth-order valence-electron chi connectivity index (χ4n) is 0.768. The van der Waals surface area contributed by atoms with Gasteiger partial charge in [0.1, 0.15) is 0 Å². The number of hydrogen-bond donors (Lipinski definition) is 1. The monoisotopic (exact) mass is 125 g/mol. The molecule has 0 radical (unpaired) electrons. The van der Waals surface area contributed by atoms with Gasteiger partial charge in [0.05, 0.1) is 0 Å². The Bertz CT molecular complexity index is 165. The van der Waals surface area contributed by atoms with Gasteiger partial charge < -0.3 is 5.32 Å². The van der Waals surface area contributed by atoms with E-state index >= 15 is 0 Å². The lowest BCUT2D eigenvalue weighted by Gasteiger charge is -1.81. The van der Waals surface area contributed by atoms with Crippen molar-refractivity contribution in [2.45, 2.75) is 6.04 Å². The van der Waals surface area contributed by atoms with Crippen LogP contribution in [0.15, 0.2) is 16.8 Å². The molecule has 1 fully saturated rings. The molecule has 2 heteroatoms. The molecule has 0 aliphatic carbocycles. The predicted molar refractivity (Wildman–Crippen MR) is 35.1 cm³/mol. The molecule has 2 rings (SSSR count). The SMILES string of the molecule is c1cc([C@H]2CN2)cs1. The number of rotatable bonds is 1. The van der Waals surface area contributed by atoms with Crippen molar-refractivity contribution < 1.29 is 0 Å². The van der Waals surface area contributed by atoms with E-state index in [0.29, 0.717) is 6.04 Å². The molecule has 0 aromatic carbocycles. The first kappa shape index (κ1) is 4.53. The Hall–Kier alpha value is -0.340. The third kappa shape index (κ3) is 0.659. The maximum absolute atomic E-state index is 3.24. The molecule has 0 unspecified atom stereocenters. The Morgan fingerprint density at radius 1 is 1.75 bits per heavy atom. The van der Waals surface area contributed by atoms with E-state index in [0.717, 1.165) is 0 Å². The normalized spacial score (nSPS) is 25.8. The predicted octanol–water partition coefficient (Wildman–Crippen LogP) is 1.39. The van der Waals surface area contributed by atoms with E-state index in [9.17, 15) is 0 Å². The van der Waals surface area contributed by atoms with Gasteiger partial charge in [-0.05, 0) is 22.4 Å². The molecule has 1 atom stereocenters. The van der Waals surface area contributed by atoms with Gasteiger partial charge in [0.2, 0.25) is 0 Å². The van der Waals surface area contributed by atoms with Crippen LogP contribution in [0.25, 0.3) is 0 Å². The zero-order valence-corrected chi connectivity index (χ0v) is 5.24. The van der Waals surface area contributed by atoms with Crippen molar-refractivity contribution >= 4 is 11.3 Å². The van der Waals surface area contributed by atoms with Crippen molar-refractivity contribution in [1.82, 2.24) is 5.32 Å². The third-order valence-corrected chi connectivity index (χ3v) is 2.06. The molecule has 0 bridgehead atoms. The maximum atomic E-state index is 3.24. The molecule has 1 N–H and O–H groups in total. The molecule has 42 valence electrons. The van der Waals surface area contributed by atoms with Crippen molar-refractivity contribution in [3.05, 3.63) is 22.4 Å². The summed E-state index contributed by atoms with van der Waals surface area (Å²) in [6, 6.07) is 2.87. The van der Waals surface area contributed by atoms with Gasteiger partial charge in [-0.2, -0.15) is 11.3 Å². The molecule has 1 aromatic heterocycles. The molecule has 0 saturated carbocycles. The lowest BCUT2D eigenvalue weighted by atomic mass is 10.3. The number of thiophene rings is 1. The van der Waals surface area contributed by atoms with Crippen molar-refractivity contribution in [2.75, 3.05) is 6.54 Å². The van der Waals surface area contributed by atoms with E-state index in [2.05, 4.69) is 22.1 Å². The molecule has 1 nitrogen and oxygen atoms in total. The van der Waals surface area contributed by atoms with Crippen LogP contribution in [-0.4, -0.2) is 6.54 Å². The summed E-state index contributed by atoms with van der Waals surface area (Å²) >= 11 is 1.77. The number of nitrogens with one attached hydrogen (secondary N) is 1. The Balaban J connectivity index is 2.28. The topological polar surface area (TPSA) is 21.9 Å². The van der Waals surface area contributed by atoms with Crippen LogP contribution < -0.4 is 5.32 Å². The smallest absolute Gasteiger partial charge is 0.0455 e. The van der Waals surface area contributed by atoms with E-state index in [1.807, 2.05) is 0 Å². The first-order chi connectivity index (χ1) is 3.97. The summed E-state index contributed by atoms with van der Waals surface area (Å²) in [5.74, 6) is 0. The quantitative estimate of drug-likeness (QED) is 0.563. The second-order valence-corrected chi connectivity index (χ2v) is 2.80. The average Bonchev–Trinajstić information content (AvgIpc) is 2.49. The Labute approximate surface area is 52.3 Å². The summed E-state index contributed by atoms with van der Waals surface area (Å²) in [6.07, 6.45) is 0. The van der Waals surface area contributed by atoms with Gasteiger partial charge in [-0.25, -0.2) is 0 Å². The van der Waals surface area contributed by atoms with Crippen LogP contribution >= 0.6 is 11.3 Å². The first-order valence-corrected chi connectivity index (χ1v) is 3.66. The van der Waals surface area contributed by atoms with Crippen molar-refractivity contribution in [3.8, 4) is 0 Å². The lowest BCUT2D eigenvalue weighted by Crippen LogP contribution is -1.75. The van der Waals surface area contributed by atoms with E-state index in [1.165, 1.54) is 12.1 Å². The second-order valence-electron chi connectivity index (χ2n) is 2.02. The van der Waals surface area contributed by atoms with Gasteiger partial charge in [-0.15, -0.1) is 0 Å². The minimum Gasteiger partial charge on any atom is -0.307 e. The van der Waals surface area contributed by atoms with Crippen LogP contribution in [-0.2, 0) is 0 Å². The van der Waals surface area contributed by atoms with Crippen molar-refractivity contribution in [1.29, 1.82) is 0 Å². The van der Waals surface area contributed by atoms with Gasteiger partial charge >= 0.3 is 0 Å². The Morgan fingerprint density at radius 2 is 2.62 bits per heavy atom. The second kappa shape index (κ2) is 1.57. The van der Waals surface area contributed by atoms with Crippen LogP contribution in [0, 0.1) is 0 Å². The van der Waals surface area contributed by atoms with Crippen LogP contribution in [0.5, 0.6) is 0 Å². The van der Waals surface area contributed by atoms with Crippen molar-refractivity contribution in [3.63, 3.8) is 0 Å². The van der Waals surface area contributed by atoms with Crippen molar-refractivity contribution in [2.24, 2.45) is 0 Å². The summed E-state index contributed by atoms with van der Waals surface area (Å²) in [5, 5.41) is 7.56.